The molecule has 1 aromatic carbocycles. The second kappa shape index (κ2) is 8.50. The minimum atomic E-state index is 0.813. The van der Waals surface area contributed by atoms with Crippen molar-refractivity contribution < 1.29 is 0 Å². The lowest BCUT2D eigenvalue weighted by Crippen LogP contribution is -2.46. The quantitative estimate of drug-likeness (QED) is 0.781. The first kappa shape index (κ1) is 15.6. The van der Waals surface area contributed by atoms with Crippen molar-refractivity contribution >= 4 is 17.3 Å². The molecular weight excluding hydrogens is 270 g/mol. The highest BCUT2D eigenvalue weighted by atomic mass is 35.5. The Morgan fingerprint density at radius 1 is 1.05 bits per heavy atom. The fourth-order valence-corrected chi connectivity index (χ4v) is 2.77. The minimum Gasteiger partial charge on any atom is -0.369 e. The van der Waals surface area contributed by atoms with Gasteiger partial charge in [0.1, 0.15) is 0 Å². The molecule has 0 amide bonds. The molecule has 1 saturated heterocycles. The van der Waals surface area contributed by atoms with Crippen LogP contribution in [0.1, 0.15) is 19.8 Å². The van der Waals surface area contributed by atoms with Crippen molar-refractivity contribution in [2.75, 3.05) is 50.7 Å². The van der Waals surface area contributed by atoms with Gasteiger partial charge >= 0.3 is 0 Å². The fraction of sp³-hybridized carbons (Fsp3) is 0.625. The Labute approximate surface area is 127 Å². The first-order valence-corrected chi connectivity index (χ1v) is 8.11. The Hall–Kier alpha value is -0.770. The van der Waals surface area contributed by atoms with Crippen molar-refractivity contribution in [1.29, 1.82) is 0 Å². The van der Waals surface area contributed by atoms with Crippen LogP contribution in [0.4, 0.5) is 5.69 Å². The summed E-state index contributed by atoms with van der Waals surface area (Å²) in [7, 11) is 0. The van der Waals surface area contributed by atoms with Gasteiger partial charge in [0.15, 0.2) is 0 Å². The standard InChI is InChI=1S/C16H26ClN3/c1-2-18-9-3-4-10-19-11-13-20(14-12-19)16-7-5-15(17)6-8-16/h5-8,18H,2-4,9-14H2,1H3. The van der Waals surface area contributed by atoms with Crippen molar-refractivity contribution in [2.45, 2.75) is 19.8 Å². The van der Waals surface area contributed by atoms with Gasteiger partial charge in [-0.05, 0) is 56.7 Å². The molecular formula is C16H26ClN3. The van der Waals surface area contributed by atoms with Crippen molar-refractivity contribution in [1.82, 2.24) is 10.2 Å². The average molecular weight is 296 g/mol. The van der Waals surface area contributed by atoms with Crippen molar-refractivity contribution in [3.8, 4) is 0 Å². The largest absolute Gasteiger partial charge is 0.369 e. The Morgan fingerprint density at radius 2 is 1.75 bits per heavy atom. The van der Waals surface area contributed by atoms with Gasteiger partial charge in [0, 0.05) is 36.9 Å². The maximum Gasteiger partial charge on any atom is 0.0407 e. The van der Waals surface area contributed by atoms with Crippen LogP contribution in [0.5, 0.6) is 0 Å². The molecule has 0 saturated carbocycles. The van der Waals surface area contributed by atoms with Gasteiger partial charge in [-0.1, -0.05) is 18.5 Å². The van der Waals surface area contributed by atoms with Crippen LogP contribution in [0, 0.1) is 0 Å². The molecule has 0 unspecified atom stereocenters. The van der Waals surface area contributed by atoms with Crippen LogP contribution in [0.25, 0.3) is 0 Å². The number of nitrogens with one attached hydrogen (secondary N) is 1. The van der Waals surface area contributed by atoms with Crippen LogP contribution < -0.4 is 10.2 Å². The number of hydrogen-bond acceptors (Lipinski definition) is 3. The first-order valence-electron chi connectivity index (χ1n) is 7.73. The Morgan fingerprint density at radius 3 is 2.40 bits per heavy atom. The minimum absolute atomic E-state index is 0.813. The molecule has 1 heterocycles. The maximum absolute atomic E-state index is 5.94. The molecule has 2 rings (SSSR count). The van der Waals surface area contributed by atoms with E-state index in [9.17, 15) is 0 Å². The third kappa shape index (κ3) is 4.97. The van der Waals surface area contributed by atoms with Crippen molar-refractivity contribution in [3.63, 3.8) is 0 Å². The van der Waals surface area contributed by atoms with E-state index in [0.717, 1.165) is 31.2 Å². The van der Waals surface area contributed by atoms with E-state index in [1.807, 2.05) is 12.1 Å². The Balaban J connectivity index is 1.66. The van der Waals surface area contributed by atoms with Crippen molar-refractivity contribution in [2.24, 2.45) is 0 Å². The summed E-state index contributed by atoms with van der Waals surface area (Å²) in [5.74, 6) is 0. The molecule has 0 bridgehead atoms. The van der Waals surface area contributed by atoms with Gasteiger partial charge < -0.3 is 10.2 Å². The van der Waals surface area contributed by atoms with Crippen LogP contribution in [0.3, 0.4) is 0 Å². The van der Waals surface area contributed by atoms with E-state index in [0.29, 0.717) is 0 Å². The molecule has 20 heavy (non-hydrogen) atoms. The molecule has 3 nitrogen and oxygen atoms in total. The van der Waals surface area contributed by atoms with Gasteiger partial charge in [-0.15, -0.1) is 0 Å². The lowest BCUT2D eigenvalue weighted by molar-refractivity contribution is 0.252. The van der Waals surface area contributed by atoms with Crippen LogP contribution in [-0.4, -0.2) is 50.7 Å². The van der Waals surface area contributed by atoms with E-state index in [1.165, 1.54) is 38.2 Å². The lowest BCUT2D eigenvalue weighted by atomic mass is 10.2. The number of unbranched alkanes of at least 4 members (excludes halogenated alkanes) is 1. The SMILES string of the molecule is CCNCCCCN1CCN(c2ccc(Cl)cc2)CC1. The first-order chi connectivity index (χ1) is 9.79. The van der Waals surface area contributed by atoms with Gasteiger partial charge in [-0.2, -0.15) is 0 Å². The molecule has 1 N–H and O–H groups in total. The molecule has 112 valence electrons. The monoisotopic (exact) mass is 295 g/mol. The van der Waals surface area contributed by atoms with Crippen molar-refractivity contribution in [3.05, 3.63) is 29.3 Å². The topological polar surface area (TPSA) is 18.5 Å². The number of hydrogen-bond donors (Lipinski definition) is 1. The van der Waals surface area contributed by atoms with E-state index >= 15 is 0 Å². The van der Waals surface area contributed by atoms with Crippen LogP contribution in [-0.2, 0) is 0 Å². The Kier molecular flexibility index (Phi) is 6.64. The molecule has 1 aliphatic heterocycles. The predicted molar refractivity (Wildman–Crippen MR) is 87.9 cm³/mol. The van der Waals surface area contributed by atoms with Gasteiger partial charge in [-0.25, -0.2) is 0 Å². The third-order valence-electron chi connectivity index (χ3n) is 3.89. The highest BCUT2D eigenvalue weighted by Gasteiger charge is 2.16. The van der Waals surface area contributed by atoms with E-state index in [-0.39, 0.29) is 0 Å². The lowest BCUT2D eigenvalue weighted by Gasteiger charge is -2.36. The summed E-state index contributed by atoms with van der Waals surface area (Å²) in [6.07, 6.45) is 2.58. The van der Waals surface area contributed by atoms with Gasteiger partial charge in [0.2, 0.25) is 0 Å². The second-order valence-electron chi connectivity index (χ2n) is 5.37. The van der Waals surface area contributed by atoms with Gasteiger partial charge in [0.25, 0.3) is 0 Å². The van der Waals surface area contributed by atoms with Crippen LogP contribution in [0.15, 0.2) is 24.3 Å². The van der Waals surface area contributed by atoms with Gasteiger partial charge in [0.05, 0.1) is 0 Å². The van der Waals surface area contributed by atoms with E-state index in [1.54, 1.807) is 0 Å². The van der Waals surface area contributed by atoms with Crippen LogP contribution in [0.2, 0.25) is 5.02 Å². The summed E-state index contributed by atoms with van der Waals surface area (Å²) in [6.45, 7) is 10.2. The number of piperazine rings is 1. The van der Waals surface area contributed by atoms with E-state index in [4.69, 9.17) is 11.6 Å². The number of nitrogens with zero attached hydrogens (tertiary/aromatic N) is 2. The van der Waals surface area contributed by atoms with E-state index < -0.39 is 0 Å². The third-order valence-corrected chi connectivity index (χ3v) is 4.14. The molecule has 0 radical (unpaired) electrons. The summed E-state index contributed by atoms with van der Waals surface area (Å²) < 4.78 is 0. The molecule has 0 aromatic heterocycles. The second-order valence-corrected chi connectivity index (χ2v) is 5.80. The average Bonchev–Trinajstić information content (AvgIpc) is 2.49. The van der Waals surface area contributed by atoms with Gasteiger partial charge in [-0.3, -0.25) is 4.90 Å². The summed E-state index contributed by atoms with van der Waals surface area (Å²) >= 11 is 5.94. The molecule has 1 fully saturated rings. The summed E-state index contributed by atoms with van der Waals surface area (Å²) in [4.78, 5) is 5.03. The highest BCUT2D eigenvalue weighted by Crippen LogP contribution is 2.19. The number of halogens is 1. The number of benzene rings is 1. The molecule has 0 aliphatic carbocycles. The van der Waals surface area contributed by atoms with E-state index in [2.05, 4.69) is 34.2 Å². The Bertz CT molecular complexity index is 372. The van der Waals surface area contributed by atoms with Crippen LogP contribution >= 0.6 is 11.6 Å². The summed E-state index contributed by atoms with van der Waals surface area (Å²) in [6, 6.07) is 8.19. The zero-order chi connectivity index (χ0) is 14.2. The number of rotatable bonds is 7. The normalized spacial score (nSPS) is 16.6. The molecule has 1 aromatic rings. The fourth-order valence-electron chi connectivity index (χ4n) is 2.64. The highest BCUT2D eigenvalue weighted by molar-refractivity contribution is 6.30. The molecule has 0 atom stereocenters. The molecule has 0 spiro atoms. The summed E-state index contributed by atoms with van der Waals surface area (Å²) in [5.41, 5.74) is 1.29. The predicted octanol–water partition coefficient (Wildman–Crippen LogP) is 2.85. The zero-order valence-electron chi connectivity index (χ0n) is 12.4. The number of anilines is 1. The molecule has 4 heteroatoms. The zero-order valence-corrected chi connectivity index (χ0v) is 13.2. The smallest absolute Gasteiger partial charge is 0.0407 e. The molecule has 1 aliphatic rings. The summed E-state index contributed by atoms with van der Waals surface area (Å²) in [5, 5.41) is 4.19. The maximum atomic E-state index is 5.94.